The van der Waals surface area contributed by atoms with Gasteiger partial charge in [-0.1, -0.05) is 12.8 Å². The number of carbonyl (C=O) groups is 3. The molecule has 3 N–H and O–H groups in total. The fourth-order valence-corrected chi connectivity index (χ4v) is 5.06. The largest absolute Gasteiger partial charge is 0.356 e. The molecule has 148 valence electrons. The Balaban J connectivity index is 1.50. The standard InChI is InChI=1S/C18H32N4O3S/c1-3-19-15(23)9-7-11-22(2)16(24)10-6-4-5-8-14-17-13(12-26-14)20-18(25)21-17/h13-14,17H,3-12H2,1-2H3,(H,19,23)(H2,20,21,25). The van der Waals surface area contributed by atoms with E-state index in [1.807, 2.05) is 25.7 Å². The van der Waals surface area contributed by atoms with Crippen LogP contribution in [0.25, 0.3) is 0 Å². The molecular formula is C18H32N4O3S. The van der Waals surface area contributed by atoms with Gasteiger partial charge in [-0.05, 0) is 26.2 Å². The lowest BCUT2D eigenvalue weighted by Crippen LogP contribution is -2.36. The molecule has 2 fully saturated rings. The van der Waals surface area contributed by atoms with E-state index in [0.717, 1.165) is 31.4 Å². The molecule has 2 heterocycles. The second kappa shape index (κ2) is 10.6. The Hall–Kier alpha value is -1.44. The maximum absolute atomic E-state index is 12.1. The number of nitrogens with one attached hydrogen (secondary N) is 3. The number of fused-ring (bicyclic) bond motifs is 1. The maximum atomic E-state index is 12.1. The molecule has 2 rings (SSSR count). The zero-order valence-corrected chi connectivity index (χ0v) is 16.7. The molecular weight excluding hydrogens is 352 g/mol. The van der Waals surface area contributed by atoms with Gasteiger partial charge < -0.3 is 20.9 Å². The van der Waals surface area contributed by atoms with Gasteiger partial charge in [-0.15, -0.1) is 0 Å². The van der Waals surface area contributed by atoms with Gasteiger partial charge in [-0.3, -0.25) is 9.59 Å². The quantitative estimate of drug-likeness (QED) is 0.372. The summed E-state index contributed by atoms with van der Waals surface area (Å²) in [6.45, 7) is 3.18. The molecule has 0 radical (unpaired) electrons. The van der Waals surface area contributed by atoms with Crippen molar-refractivity contribution >= 4 is 29.6 Å². The van der Waals surface area contributed by atoms with Crippen LogP contribution in [0.2, 0.25) is 0 Å². The average molecular weight is 385 g/mol. The Morgan fingerprint density at radius 3 is 2.77 bits per heavy atom. The molecule has 26 heavy (non-hydrogen) atoms. The van der Waals surface area contributed by atoms with E-state index in [-0.39, 0.29) is 29.9 Å². The molecule has 0 aliphatic carbocycles. The van der Waals surface area contributed by atoms with Crippen LogP contribution in [-0.4, -0.2) is 66.0 Å². The summed E-state index contributed by atoms with van der Waals surface area (Å²) >= 11 is 1.94. The lowest BCUT2D eigenvalue weighted by Gasteiger charge is -2.18. The molecule has 0 aromatic heterocycles. The number of urea groups is 1. The van der Waals surface area contributed by atoms with Gasteiger partial charge in [0.15, 0.2) is 0 Å². The molecule has 2 saturated heterocycles. The van der Waals surface area contributed by atoms with E-state index in [0.29, 0.717) is 37.6 Å². The predicted octanol–water partition coefficient (Wildman–Crippen LogP) is 1.48. The first kappa shape index (κ1) is 20.9. The van der Waals surface area contributed by atoms with Gasteiger partial charge >= 0.3 is 6.03 Å². The molecule has 0 saturated carbocycles. The van der Waals surface area contributed by atoms with Gasteiger partial charge in [0.25, 0.3) is 0 Å². The molecule has 3 unspecified atom stereocenters. The molecule has 7 nitrogen and oxygen atoms in total. The van der Waals surface area contributed by atoms with Gasteiger partial charge in [0, 0.05) is 44.0 Å². The van der Waals surface area contributed by atoms with Gasteiger partial charge in [0.2, 0.25) is 11.8 Å². The minimum absolute atomic E-state index is 0.0360. The smallest absolute Gasteiger partial charge is 0.315 e. The van der Waals surface area contributed by atoms with Crippen LogP contribution in [-0.2, 0) is 9.59 Å². The second-order valence-electron chi connectivity index (χ2n) is 7.09. The lowest BCUT2D eigenvalue weighted by molar-refractivity contribution is -0.130. The molecule has 4 amide bonds. The first-order valence-corrected chi connectivity index (χ1v) is 10.8. The van der Waals surface area contributed by atoms with E-state index in [1.165, 1.54) is 0 Å². The molecule has 2 aliphatic rings. The highest BCUT2D eigenvalue weighted by molar-refractivity contribution is 8.00. The van der Waals surface area contributed by atoms with E-state index < -0.39 is 0 Å². The van der Waals surface area contributed by atoms with Gasteiger partial charge in [-0.25, -0.2) is 4.79 Å². The number of amides is 4. The van der Waals surface area contributed by atoms with Crippen LogP contribution in [0.15, 0.2) is 0 Å². The minimum atomic E-state index is -0.0360. The number of nitrogens with zero attached hydrogens (tertiary/aromatic N) is 1. The number of thioether (sulfide) groups is 1. The van der Waals surface area contributed by atoms with Crippen molar-refractivity contribution in [1.29, 1.82) is 0 Å². The number of unbranched alkanes of at least 4 members (excludes halogenated alkanes) is 2. The van der Waals surface area contributed by atoms with Crippen LogP contribution >= 0.6 is 11.8 Å². The molecule has 0 aromatic carbocycles. The average Bonchev–Trinajstić information content (AvgIpc) is 3.14. The van der Waals surface area contributed by atoms with E-state index in [1.54, 1.807) is 4.90 Å². The van der Waals surface area contributed by atoms with E-state index >= 15 is 0 Å². The van der Waals surface area contributed by atoms with Crippen LogP contribution < -0.4 is 16.0 Å². The third-order valence-corrected chi connectivity index (χ3v) is 6.52. The van der Waals surface area contributed by atoms with Crippen LogP contribution in [0.4, 0.5) is 4.79 Å². The minimum Gasteiger partial charge on any atom is -0.356 e. The Labute approximate surface area is 160 Å². The number of rotatable bonds is 11. The first-order chi connectivity index (χ1) is 12.5. The van der Waals surface area contributed by atoms with Crippen molar-refractivity contribution in [3.63, 3.8) is 0 Å². The van der Waals surface area contributed by atoms with Crippen molar-refractivity contribution < 1.29 is 14.4 Å². The topological polar surface area (TPSA) is 90.5 Å². The fraction of sp³-hybridized carbons (Fsp3) is 0.833. The van der Waals surface area contributed by atoms with Crippen LogP contribution in [0.3, 0.4) is 0 Å². The predicted molar refractivity (Wildman–Crippen MR) is 104 cm³/mol. The number of hydrogen-bond acceptors (Lipinski definition) is 4. The normalized spacial score (nSPS) is 23.9. The summed E-state index contributed by atoms with van der Waals surface area (Å²) in [5, 5.41) is 9.23. The number of carbonyl (C=O) groups excluding carboxylic acids is 3. The van der Waals surface area contributed by atoms with Crippen LogP contribution in [0, 0.1) is 0 Å². The summed E-state index contributed by atoms with van der Waals surface area (Å²) in [7, 11) is 1.81. The molecule has 0 bridgehead atoms. The van der Waals surface area contributed by atoms with Crippen molar-refractivity contribution in [2.24, 2.45) is 0 Å². The summed E-state index contributed by atoms with van der Waals surface area (Å²) in [6, 6.07) is 0.517. The summed E-state index contributed by atoms with van der Waals surface area (Å²) < 4.78 is 0. The van der Waals surface area contributed by atoms with Crippen molar-refractivity contribution in [3.05, 3.63) is 0 Å². The monoisotopic (exact) mass is 384 g/mol. The highest BCUT2D eigenvalue weighted by Crippen LogP contribution is 2.33. The van der Waals surface area contributed by atoms with Gasteiger partial charge in [-0.2, -0.15) is 11.8 Å². The summed E-state index contributed by atoms with van der Waals surface area (Å²) in [5.41, 5.74) is 0. The summed E-state index contributed by atoms with van der Waals surface area (Å²) in [6.07, 6.45) is 5.85. The van der Waals surface area contributed by atoms with E-state index in [4.69, 9.17) is 0 Å². The van der Waals surface area contributed by atoms with E-state index in [9.17, 15) is 14.4 Å². The highest BCUT2D eigenvalue weighted by atomic mass is 32.2. The van der Waals surface area contributed by atoms with Gasteiger partial charge in [0.05, 0.1) is 12.1 Å². The van der Waals surface area contributed by atoms with E-state index in [2.05, 4.69) is 16.0 Å². The number of hydrogen-bond donors (Lipinski definition) is 3. The summed E-state index contributed by atoms with van der Waals surface area (Å²) in [4.78, 5) is 36.6. The molecule has 0 aromatic rings. The second-order valence-corrected chi connectivity index (χ2v) is 8.37. The van der Waals surface area contributed by atoms with Crippen molar-refractivity contribution in [1.82, 2.24) is 20.9 Å². The Morgan fingerprint density at radius 2 is 2.00 bits per heavy atom. The lowest BCUT2D eigenvalue weighted by atomic mass is 10.0. The molecule has 3 atom stereocenters. The molecule has 8 heteroatoms. The highest BCUT2D eigenvalue weighted by Gasteiger charge is 2.42. The Morgan fingerprint density at radius 1 is 1.19 bits per heavy atom. The zero-order chi connectivity index (χ0) is 18.9. The van der Waals surface area contributed by atoms with Crippen LogP contribution in [0.1, 0.15) is 51.9 Å². The SMILES string of the molecule is CCNC(=O)CCCN(C)C(=O)CCCCCC1SCC2NC(=O)NC21. The Bertz CT molecular complexity index is 503. The fourth-order valence-electron chi connectivity index (χ4n) is 3.52. The zero-order valence-electron chi connectivity index (χ0n) is 15.9. The summed E-state index contributed by atoms with van der Waals surface area (Å²) in [5.74, 6) is 1.20. The van der Waals surface area contributed by atoms with Crippen LogP contribution in [0.5, 0.6) is 0 Å². The third kappa shape index (κ3) is 6.37. The van der Waals surface area contributed by atoms with Gasteiger partial charge in [0.1, 0.15) is 0 Å². The van der Waals surface area contributed by atoms with Crippen molar-refractivity contribution in [2.75, 3.05) is 25.9 Å². The Kier molecular flexibility index (Phi) is 8.54. The van der Waals surface area contributed by atoms with Crippen molar-refractivity contribution in [2.45, 2.75) is 69.2 Å². The molecule has 0 spiro atoms. The van der Waals surface area contributed by atoms with Crippen molar-refractivity contribution in [3.8, 4) is 0 Å². The maximum Gasteiger partial charge on any atom is 0.315 e. The first-order valence-electron chi connectivity index (χ1n) is 9.70. The third-order valence-electron chi connectivity index (χ3n) is 5.01. The molecule has 2 aliphatic heterocycles.